The van der Waals surface area contributed by atoms with Crippen molar-refractivity contribution in [3.05, 3.63) is 64.2 Å². The average Bonchev–Trinajstić information content (AvgIpc) is 3.34. The fourth-order valence-corrected chi connectivity index (χ4v) is 4.49. The van der Waals surface area contributed by atoms with Crippen LogP contribution in [0.2, 0.25) is 0 Å². The number of rotatable bonds is 4. The second-order valence-electron chi connectivity index (χ2n) is 7.75. The molecule has 2 aromatic carbocycles. The first-order chi connectivity index (χ1) is 15.0. The van der Waals surface area contributed by atoms with Crippen LogP contribution in [0, 0.1) is 5.82 Å². The van der Waals surface area contributed by atoms with Crippen LogP contribution < -0.4 is 4.90 Å². The molecule has 0 spiro atoms. The molecule has 9 heteroatoms. The van der Waals surface area contributed by atoms with Gasteiger partial charge in [0, 0.05) is 16.6 Å². The smallest absolute Gasteiger partial charge is 0.300 e. The minimum Gasteiger partial charge on any atom is -0.339 e. The van der Waals surface area contributed by atoms with Crippen molar-refractivity contribution in [2.45, 2.75) is 18.8 Å². The van der Waals surface area contributed by atoms with Gasteiger partial charge >= 0.3 is 5.91 Å². The number of anilines is 1. The highest BCUT2D eigenvalue weighted by molar-refractivity contribution is 9.10. The first-order valence-electron chi connectivity index (χ1n) is 9.97. The van der Waals surface area contributed by atoms with Crippen molar-refractivity contribution in [3.63, 3.8) is 0 Å². The minimum absolute atomic E-state index is 0.000976. The standard InChI is InChI=1S/C22H18BrFN4O3/c23-15-6-7-17-18(10-15)28(22(30)19(17)29)12-27-8-2-4-14(11-27)21-25-20(26-31-21)13-3-1-5-16(24)9-13/h1,3,5-7,9-10,14H,2,4,8,11-12H2/t14-/m0/s1. The maximum absolute atomic E-state index is 13.5. The van der Waals surface area contributed by atoms with Crippen molar-refractivity contribution >= 4 is 33.3 Å². The summed E-state index contributed by atoms with van der Waals surface area (Å²) in [6.07, 6.45) is 1.76. The Kier molecular flexibility index (Phi) is 5.15. The van der Waals surface area contributed by atoms with E-state index in [4.69, 9.17) is 4.52 Å². The number of carbonyl (C=O) groups is 2. The van der Waals surface area contributed by atoms with E-state index in [9.17, 15) is 14.0 Å². The summed E-state index contributed by atoms with van der Waals surface area (Å²) >= 11 is 3.41. The summed E-state index contributed by atoms with van der Waals surface area (Å²) in [6, 6.07) is 11.3. The van der Waals surface area contributed by atoms with Crippen LogP contribution in [-0.2, 0) is 4.79 Å². The Labute approximate surface area is 186 Å². The summed E-state index contributed by atoms with van der Waals surface area (Å²) in [5, 5.41) is 4.01. The van der Waals surface area contributed by atoms with E-state index in [0.717, 1.165) is 23.9 Å². The van der Waals surface area contributed by atoms with Crippen LogP contribution in [0.15, 0.2) is 51.5 Å². The minimum atomic E-state index is -0.513. The van der Waals surface area contributed by atoms with E-state index in [1.807, 2.05) is 0 Å². The van der Waals surface area contributed by atoms with E-state index in [-0.39, 0.29) is 11.7 Å². The molecular formula is C22H18BrFN4O3. The van der Waals surface area contributed by atoms with Gasteiger partial charge in [0.2, 0.25) is 11.7 Å². The Balaban J connectivity index is 1.32. The van der Waals surface area contributed by atoms with Gasteiger partial charge in [-0.3, -0.25) is 19.4 Å². The number of carbonyl (C=O) groups excluding carboxylic acids is 2. The highest BCUT2D eigenvalue weighted by atomic mass is 79.9. The molecule has 1 amide bonds. The SMILES string of the molecule is O=C1C(=O)N(CN2CCC[C@H](c3nc(-c4cccc(F)c4)no3)C2)c2cc(Br)ccc21. The lowest BCUT2D eigenvalue weighted by Crippen LogP contribution is -2.44. The van der Waals surface area contributed by atoms with Crippen LogP contribution in [0.1, 0.15) is 35.0 Å². The maximum Gasteiger partial charge on any atom is 0.300 e. The molecule has 3 aromatic rings. The number of piperidine rings is 1. The Morgan fingerprint density at radius 1 is 1.19 bits per heavy atom. The lowest BCUT2D eigenvalue weighted by molar-refractivity contribution is -0.114. The number of hydrogen-bond donors (Lipinski definition) is 0. The third-order valence-corrected chi connectivity index (χ3v) is 6.15. The van der Waals surface area contributed by atoms with Gasteiger partial charge in [-0.1, -0.05) is 33.2 Å². The zero-order chi connectivity index (χ0) is 21.5. The van der Waals surface area contributed by atoms with E-state index in [0.29, 0.717) is 41.7 Å². The number of hydrogen-bond acceptors (Lipinski definition) is 6. The van der Waals surface area contributed by atoms with Gasteiger partial charge in [0.15, 0.2) is 0 Å². The number of Topliss-reactive ketones (excluding diaryl/α,β-unsaturated/α-hetero) is 1. The van der Waals surface area contributed by atoms with Crippen molar-refractivity contribution in [2.24, 2.45) is 0 Å². The molecule has 158 valence electrons. The zero-order valence-electron chi connectivity index (χ0n) is 16.4. The van der Waals surface area contributed by atoms with Gasteiger partial charge in [-0.05, 0) is 49.7 Å². The Morgan fingerprint density at radius 3 is 2.90 bits per heavy atom. The number of aromatic nitrogens is 2. The first kappa shape index (κ1) is 20.0. The zero-order valence-corrected chi connectivity index (χ0v) is 18.0. The topological polar surface area (TPSA) is 79.5 Å². The summed E-state index contributed by atoms with van der Waals surface area (Å²) in [7, 11) is 0. The highest BCUT2D eigenvalue weighted by Crippen LogP contribution is 2.33. The van der Waals surface area contributed by atoms with Gasteiger partial charge < -0.3 is 4.52 Å². The van der Waals surface area contributed by atoms with E-state index in [1.165, 1.54) is 17.0 Å². The fourth-order valence-electron chi connectivity index (χ4n) is 4.14. The van der Waals surface area contributed by atoms with Crippen molar-refractivity contribution in [1.29, 1.82) is 0 Å². The third kappa shape index (κ3) is 3.79. The molecule has 0 unspecified atom stereocenters. The van der Waals surface area contributed by atoms with Gasteiger partial charge in [0.1, 0.15) is 5.82 Å². The van der Waals surface area contributed by atoms with E-state index in [2.05, 4.69) is 31.0 Å². The number of nitrogens with zero attached hydrogens (tertiary/aromatic N) is 4. The third-order valence-electron chi connectivity index (χ3n) is 5.66. The molecule has 0 N–H and O–H groups in total. The first-order valence-corrected chi connectivity index (χ1v) is 10.8. The quantitative estimate of drug-likeness (QED) is 0.520. The molecule has 31 heavy (non-hydrogen) atoms. The maximum atomic E-state index is 13.5. The van der Waals surface area contributed by atoms with Crippen molar-refractivity contribution in [2.75, 3.05) is 24.7 Å². The number of likely N-dealkylation sites (tertiary alicyclic amines) is 1. The summed E-state index contributed by atoms with van der Waals surface area (Å²) in [5.41, 5.74) is 1.61. The van der Waals surface area contributed by atoms with Crippen LogP contribution in [-0.4, -0.2) is 46.5 Å². The molecule has 2 aliphatic heterocycles. The summed E-state index contributed by atoms with van der Waals surface area (Å²) in [5.74, 6) is -0.501. The summed E-state index contributed by atoms with van der Waals surface area (Å²) in [4.78, 5) is 33.0. The van der Waals surface area contributed by atoms with Crippen LogP contribution in [0.5, 0.6) is 0 Å². The second-order valence-corrected chi connectivity index (χ2v) is 8.66. The van der Waals surface area contributed by atoms with Gasteiger partial charge in [-0.25, -0.2) is 4.39 Å². The van der Waals surface area contributed by atoms with Crippen LogP contribution in [0.25, 0.3) is 11.4 Å². The number of fused-ring (bicyclic) bond motifs is 1. The van der Waals surface area contributed by atoms with Crippen LogP contribution in [0.3, 0.4) is 0 Å². The van der Waals surface area contributed by atoms with Gasteiger partial charge in [0.05, 0.1) is 23.8 Å². The molecule has 5 rings (SSSR count). The molecule has 0 aliphatic carbocycles. The fraction of sp³-hybridized carbons (Fsp3) is 0.273. The summed E-state index contributed by atoms with van der Waals surface area (Å²) in [6.45, 7) is 1.73. The molecule has 1 aromatic heterocycles. The molecule has 1 saturated heterocycles. The van der Waals surface area contributed by atoms with E-state index >= 15 is 0 Å². The second kappa shape index (κ2) is 7.97. The normalized spacial score (nSPS) is 19.2. The Hall–Kier alpha value is -2.91. The predicted molar refractivity (Wildman–Crippen MR) is 114 cm³/mol. The molecule has 7 nitrogen and oxygen atoms in total. The molecule has 3 heterocycles. The Bertz CT molecular complexity index is 1180. The molecule has 0 radical (unpaired) electrons. The van der Waals surface area contributed by atoms with Crippen molar-refractivity contribution in [3.8, 4) is 11.4 Å². The molecule has 2 aliphatic rings. The Morgan fingerprint density at radius 2 is 2.06 bits per heavy atom. The van der Waals surface area contributed by atoms with Crippen molar-refractivity contribution < 1.29 is 18.5 Å². The lowest BCUT2D eigenvalue weighted by Gasteiger charge is -2.33. The largest absolute Gasteiger partial charge is 0.339 e. The lowest BCUT2D eigenvalue weighted by atomic mass is 9.98. The highest BCUT2D eigenvalue weighted by Gasteiger charge is 2.37. The van der Waals surface area contributed by atoms with Gasteiger partial charge in [0.25, 0.3) is 5.78 Å². The number of benzene rings is 2. The number of halogens is 2. The van der Waals surface area contributed by atoms with E-state index < -0.39 is 11.7 Å². The monoisotopic (exact) mass is 484 g/mol. The van der Waals surface area contributed by atoms with Crippen LogP contribution in [0.4, 0.5) is 10.1 Å². The van der Waals surface area contributed by atoms with Crippen LogP contribution >= 0.6 is 15.9 Å². The average molecular weight is 485 g/mol. The molecule has 0 saturated carbocycles. The molecule has 0 bridgehead atoms. The van der Waals surface area contributed by atoms with Crippen molar-refractivity contribution in [1.82, 2.24) is 15.0 Å². The summed E-state index contributed by atoms with van der Waals surface area (Å²) < 4.78 is 19.8. The molecule has 1 atom stereocenters. The van der Waals surface area contributed by atoms with E-state index in [1.54, 1.807) is 30.3 Å². The molecular weight excluding hydrogens is 467 g/mol. The van der Waals surface area contributed by atoms with Gasteiger partial charge in [-0.2, -0.15) is 4.98 Å². The van der Waals surface area contributed by atoms with Gasteiger partial charge in [-0.15, -0.1) is 0 Å². The molecule has 1 fully saturated rings. The number of ketones is 1. The number of amides is 1. The predicted octanol–water partition coefficient (Wildman–Crippen LogP) is 4.00.